The van der Waals surface area contributed by atoms with Crippen molar-refractivity contribution >= 4 is 6.09 Å². The van der Waals surface area contributed by atoms with Gasteiger partial charge in [-0.25, -0.2) is 14.2 Å². The molecule has 164 valence electrons. The number of aromatic nitrogens is 2. The van der Waals surface area contributed by atoms with Gasteiger partial charge < -0.3 is 19.3 Å². The summed E-state index contributed by atoms with van der Waals surface area (Å²) in [6.45, 7) is 9.84. The molecule has 8 heteroatoms. The van der Waals surface area contributed by atoms with Crippen molar-refractivity contribution in [3.8, 4) is 0 Å². The van der Waals surface area contributed by atoms with Crippen LogP contribution in [0.15, 0.2) is 36.8 Å². The number of aliphatic hydroxyl groups is 1. The summed E-state index contributed by atoms with van der Waals surface area (Å²) in [6, 6.07) is 6.12. The van der Waals surface area contributed by atoms with Crippen molar-refractivity contribution in [3.63, 3.8) is 0 Å². The molecule has 1 aromatic heterocycles. The number of imidazole rings is 1. The molecule has 0 saturated carbocycles. The highest BCUT2D eigenvalue weighted by molar-refractivity contribution is 5.68. The fraction of sp³-hybridized carbons (Fsp3) is 0.545. The second kappa shape index (κ2) is 9.14. The van der Waals surface area contributed by atoms with Gasteiger partial charge in [0.05, 0.1) is 30.7 Å². The van der Waals surface area contributed by atoms with Crippen LogP contribution >= 0.6 is 0 Å². The number of halogens is 1. The Kier molecular flexibility index (Phi) is 6.77. The molecule has 1 aliphatic heterocycles. The highest BCUT2D eigenvalue weighted by Gasteiger charge is 2.31. The Labute approximate surface area is 177 Å². The van der Waals surface area contributed by atoms with Crippen LogP contribution in [0.1, 0.15) is 51.0 Å². The van der Waals surface area contributed by atoms with Crippen molar-refractivity contribution in [1.29, 1.82) is 0 Å². The molecule has 7 nitrogen and oxygen atoms in total. The van der Waals surface area contributed by atoms with Gasteiger partial charge in [-0.05, 0) is 45.4 Å². The van der Waals surface area contributed by atoms with Crippen LogP contribution < -0.4 is 0 Å². The number of carbonyl (C=O) groups excluding carboxylic acids is 1. The summed E-state index contributed by atoms with van der Waals surface area (Å²) in [6.07, 6.45) is 3.20. The summed E-state index contributed by atoms with van der Waals surface area (Å²) in [5.41, 5.74) is 1.33. The molecular formula is C22H31FN4O3. The van der Waals surface area contributed by atoms with Gasteiger partial charge in [-0.15, -0.1) is 0 Å². The minimum absolute atomic E-state index is 0.0554. The van der Waals surface area contributed by atoms with Gasteiger partial charge in [0.1, 0.15) is 11.4 Å². The maximum atomic E-state index is 13.3. The zero-order chi connectivity index (χ0) is 21.9. The van der Waals surface area contributed by atoms with Crippen LogP contribution in [0.25, 0.3) is 0 Å². The lowest BCUT2D eigenvalue weighted by Crippen LogP contribution is -2.51. The number of nitrogens with zero attached hydrogens (tertiary/aromatic N) is 4. The van der Waals surface area contributed by atoms with Gasteiger partial charge in [-0.2, -0.15) is 0 Å². The van der Waals surface area contributed by atoms with Gasteiger partial charge in [-0.1, -0.05) is 12.1 Å². The summed E-state index contributed by atoms with van der Waals surface area (Å²) in [4.78, 5) is 20.5. The van der Waals surface area contributed by atoms with E-state index < -0.39 is 5.60 Å². The molecule has 0 spiro atoms. The quantitative estimate of drug-likeness (QED) is 0.807. The van der Waals surface area contributed by atoms with E-state index in [1.165, 1.54) is 12.1 Å². The summed E-state index contributed by atoms with van der Waals surface area (Å²) in [5.74, 6) is -0.270. The molecule has 0 aliphatic carbocycles. The maximum Gasteiger partial charge on any atom is 0.410 e. The van der Waals surface area contributed by atoms with E-state index in [0.717, 1.165) is 11.3 Å². The highest BCUT2D eigenvalue weighted by atomic mass is 19.1. The van der Waals surface area contributed by atoms with Gasteiger partial charge >= 0.3 is 6.09 Å². The molecule has 2 heterocycles. The van der Waals surface area contributed by atoms with Crippen LogP contribution in [0.5, 0.6) is 0 Å². The summed E-state index contributed by atoms with van der Waals surface area (Å²) < 4.78 is 20.7. The Bertz CT molecular complexity index is 839. The molecule has 1 fully saturated rings. The minimum Gasteiger partial charge on any atom is -0.444 e. The van der Waals surface area contributed by atoms with Gasteiger partial charge in [0.15, 0.2) is 0 Å². The molecule has 1 N–H and O–H groups in total. The van der Waals surface area contributed by atoms with Crippen molar-refractivity contribution in [2.24, 2.45) is 0 Å². The first kappa shape index (κ1) is 22.2. The molecule has 30 heavy (non-hydrogen) atoms. The van der Waals surface area contributed by atoms with Gasteiger partial charge in [0.2, 0.25) is 0 Å². The zero-order valence-corrected chi connectivity index (χ0v) is 18.1. The zero-order valence-electron chi connectivity index (χ0n) is 18.1. The van der Waals surface area contributed by atoms with E-state index in [1.54, 1.807) is 29.6 Å². The van der Waals surface area contributed by atoms with Gasteiger partial charge in [0.25, 0.3) is 0 Å². The van der Waals surface area contributed by atoms with Crippen molar-refractivity contribution in [3.05, 3.63) is 53.9 Å². The number of ether oxygens (including phenoxy) is 1. The van der Waals surface area contributed by atoms with Crippen LogP contribution in [0.2, 0.25) is 0 Å². The van der Waals surface area contributed by atoms with E-state index in [-0.39, 0.29) is 30.6 Å². The molecule has 0 bridgehead atoms. The lowest BCUT2D eigenvalue weighted by atomic mass is 10.1. The first-order valence-corrected chi connectivity index (χ1v) is 10.3. The monoisotopic (exact) mass is 418 g/mol. The van der Waals surface area contributed by atoms with Crippen LogP contribution in [0.4, 0.5) is 9.18 Å². The standard InChI is InChI=1S/C22H31FN4O3/c1-16(17-5-7-18(23)8-6-17)27-15-24-13-19(27)20(14-28)25-9-11-26(12-10-25)21(29)30-22(2,3)4/h5-8,13,15-16,20,28H,9-12,14H2,1-4H3/t16-,20?/m1/s1. The van der Waals surface area contributed by atoms with Crippen LogP contribution in [-0.2, 0) is 4.74 Å². The smallest absolute Gasteiger partial charge is 0.410 e. The molecule has 1 saturated heterocycles. The van der Waals surface area contributed by atoms with Crippen LogP contribution in [-0.4, -0.2) is 68.9 Å². The molecule has 1 aliphatic rings. The Hall–Kier alpha value is -2.45. The highest BCUT2D eigenvalue weighted by Crippen LogP contribution is 2.27. The average Bonchev–Trinajstić information content (AvgIpc) is 3.17. The molecule has 2 atom stereocenters. The van der Waals surface area contributed by atoms with Crippen molar-refractivity contribution < 1.29 is 19.0 Å². The lowest BCUT2D eigenvalue weighted by Gasteiger charge is -2.39. The van der Waals surface area contributed by atoms with E-state index in [0.29, 0.717) is 26.2 Å². The second-order valence-electron chi connectivity index (χ2n) is 8.66. The van der Waals surface area contributed by atoms with Crippen molar-refractivity contribution in [2.75, 3.05) is 32.8 Å². The first-order chi connectivity index (χ1) is 14.2. The minimum atomic E-state index is -0.523. The van der Waals surface area contributed by atoms with E-state index >= 15 is 0 Å². The summed E-state index contributed by atoms with van der Waals surface area (Å²) in [7, 11) is 0. The van der Waals surface area contributed by atoms with Gasteiger partial charge in [0, 0.05) is 32.4 Å². The number of rotatable bonds is 5. The Morgan fingerprint density at radius 1 is 1.20 bits per heavy atom. The summed E-state index contributed by atoms with van der Waals surface area (Å²) in [5, 5.41) is 10.2. The summed E-state index contributed by atoms with van der Waals surface area (Å²) >= 11 is 0. The van der Waals surface area contributed by atoms with E-state index in [9.17, 15) is 14.3 Å². The first-order valence-electron chi connectivity index (χ1n) is 10.3. The predicted octanol–water partition coefficient (Wildman–Crippen LogP) is 3.22. The Morgan fingerprint density at radius 2 is 1.83 bits per heavy atom. The Balaban J connectivity index is 1.70. The topological polar surface area (TPSA) is 70.8 Å². The van der Waals surface area contributed by atoms with Crippen LogP contribution in [0, 0.1) is 5.82 Å². The second-order valence-corrected chi connectivity index (χ2v) is 8.66. The van der Waals surface area contributed by atoms with Gasteiger partial charge in [-0.3, -0.25) is 4.90 Å². The number of benzene rings is 1. The third-order valence-corrected chi connectivity index (χ3v) is 5.39. The molecule has 0 radical (unpaired) electrons. The number of aliphatic hydroxyl groups excluding tert-OH is 1. The largest absolute Gasteiger partial charge is 0.444 e. The number of amides is 1. The average molecular weight is 419 g/mol. The molecule has 3 rings (SSSR count). The van der Waals surface area contributed by atoms with Crippen molar-refractivity contribution in [2.45, 2.75) is 45.4 Å². The number of hydrogen-bond donors (Lipinski definition) is 1. The SMILES string of the molecule is C[C@H](c1ccc(F)cc1)n1cncc1C(CO)N1CCN(C(=O)OC(C)(C)C)CC1. The molecule has 1 aromatic carbocycles. The fourth-order valence-electron chi connectivity index (χ4n) is 3.74. The van der Waals surface area contributed by atoms with E-state index in [4.69, 9.17) is 4.74 Å². The molecule has 1 amide bonds. The molecule has 2 aromatic rings. The fourth-order valence-corrected chi connectivity index (χ4v) is 3.74. The maximum absolute atomic E-state index is 13.3. The third-order valence-electron chi connectivity index (χ3n) is 5.39. The predicted molar refractivity (Wildman–Crippen MR) is 112 cm³/mol. The number of hydrogen-bond acceptors (Lipinski definition) is 5. The lowest BCUT2D eigenvalue weighted by molar-refractivity contribution is 0.00590. The third kappa shape index (κ3) is 5.17. The normalized spacial score (nSPS) is 17.6. The van der Waals surface area contributed by atoms with E-state index in [1.807, 2.05) is 32.3 Å². The van der Waals surface area contributed by atoms with E-state index in [2.05, 4.69) is 9.88 Å². The van der Waals surface area contributed by atoms with Crippen molar-refractivity contribution in [1.82, 2.24) is 19.4 Å². The van der Waals surface area contributed by atoms with Crippen LogP contribution in [0.3, 0.4) is 0 Å². The number of piperazine rings is 1. The number of carbonyl (C=O) groups is 1. The molecule has 1 unspecified atom stereocenters. The molecular weight excluding hydrogens is 387 g/mol. The Morgan fingerprint density at radius 3 is 2.40 bits per heavy atom.